The number of rotatable bonds is 6. The fourth-order valence-electron chi connectivity index (χ4n) is 2.50. The summed E-state index contributed by atoms with van der Waals surface area (Å²) in [6.07, 6.45) is -0.498. The number of nitrogens with one attached hydrogen (secondary N) is 1. The van der Waals surface area contributed by atoms with Gasteiger partial charge in [-0.1, -0.05) is 0 Å². The second kappa shape index (κ2) is 10.6. The number of nitriles is 1. The van der Waals surface area contributed by atoms with Gasteiger partial charge in [0.2, 0.25) is 0 Å². The van der Waals surface area contributed by atoms with Crippen LogP contribution in [0.5, 0.6) is 0 Å². The van der Waals surface area contributed by atoms with Crippen molar-refractivity contribution in [2.24, 2.45) is 0 Å². The van der Waals surface area contributed by atoms with Gasteiger partial charge in [-0.25, -0.2) is 14.4 Å². The van der Waals surface area contributed by atoms with Crippen molar-refractivity contribution in [1.82, 2.24) is 10.2 Å². The lowest BCUT2D eigenvalue weighted by molar-refractivity contribution is -0.145. The molecule has 0 aromatic heterocycles. The van der Waals surface area contributed by atoms with E-state index < -0.39 is 42.0 Å². The summed E-state index contributed by atoms with van der Waals surface area (Å²) >= 11 is 1.58. The number of thioether (sulfide) groups is 1. The molecule has 0 unspecified atom stereocenters. The van der Waals surface area contributed by atoms with Crippen LogP contribution in [0.3, 0.4) is 0 Å². The van der Waals surface area contributed by atoms with Crippen LogP contribution in [0.4, 0.5) is 9.59 Å². The molecule has 0 aliphatic carbocycles. The molecule has 2 amide bonds. The SMILES string of the molecule is CC(C)(C)OC(=O)N[C@@H](CC[C@@H]1SCCN1C(=O)OC(C)(C)C)C(=O)OCC#N. The first-order valence-corrected chi connectivity index (χ1v) is 10.5. The van der Waals surface area contributed by atoms with Gasteiger partial charge >= 0.3 is 18.2 Å². The molecule has 0 radical (unpaired) electrons. The van der Waals surface area contributed by atoms with Crippen LogP contribution >= 0.6 is 11.8 Å². The highest BCUT2D eigenvalue weighted by Crippen LogP contribution is 2.29. The lowest BCUT2D eigenvalue weighted by atomic mass is 10.1. The van der Waals surface area contributed by atoms with E-state index in [0.717, 1.165) is 5.75 Å². The van der Waals surface area contributed by atoms with E-state index in [0.29, 0.717) is 13.0 Å². The van der Waals surface area contributed by atoms with Gasteiger partial charge in [0, 0.05) is 12.3 Å². The topological polar surface area (TPSA) is 118 Å². The Kier molecular flexibility index (Phi) is 9.08. The molecule has 1 saturated heterocycles. The molecule has 0 aromatic carbocycles. The summed E-state index contributed by atoms with van der Waals surface area (Å²) in [4.78, 5) is 38.4. The molecular formula is C19H31N3O6S. The summed E-state index contributed by atoms with van der Waals surface area (Å²) in [5.74, 6) is 0.0386. The highest BCUT2D eigenvalue weighted by Gasteiger charge is 2.34. The second-order valence-corrected chi connectivity index (χ2v) is 9.83. The van der Waals surface area contributed by atoms with E-state index in [1.807, 2.05) is 0 Å². The van der Waals surface area contributed by atoms with Crippen molar-refractivity contribution in [3.63, 3.8) is 0 Å². The van der Waals surface area contributed by atoms with Crippen molar-refractivity contribution in [3.8, 4) is 6.07 Å². The number of alkyl carbamates (subject to hydrolysis) is 1. The molecule has 0 aromatic rings. The first-order chi connectivity index (χ1) is 13.3. The fourth-order valence-corrected chi connectivity index (χ4v) is 3.75. The summed E-state index contributed by atoms with van der Waals surface area (Å²) in [5.41, 5.74) is -1.32. The third-order valence-corrected chi connectivity index (χ3v) is 4.87. The molecule has 1 aliphatic rings. The molecule has 29 heavy (non-hydrogen) atoms. The summed E-state index contributed by atoms with van der Waals surface area (Å²) in [6.45, 7) is 10.7. The van der Waals surface area contributed by atoms with Gasteiger partial charge in [0.1, 0.15) is 23.3 Å². The number of hydrogen-bond donors (Lipinski definition) is 1. The average Bonchev–Trinajstić information content (AvgIpc) is 3.01. The van der Waals surface area contributed by atoms with Gasteiger partial charge in [-0.2, -0.15) is 5.26 Å². The summed E-state index contributed by atoms with van der Waals surface area (Å²) < 4.78 is 15.5. The number of hydrogen-bond acceptors (Lipinski definition) is 8. The smallest absolute Gasteiger partial charge is 0.411 e. The third kappa shape index (κ3) is 9.74. The number of carbonyl (C=O) groups is 3. The minimum Gasteiger partial charge on any atom is -0.449 e. The number of nitrogens with zero attached hydrogens (tertiary/aromatic N) is 2. The summed E-state index contributed by atoms with van der Waals surface area (Å²) in [6, 6.07) is 0.739. The Bertz CT molecular complexity index is 635. The van der Waals surface area contributed by atoms with Gasteiger partial charge in [0.15, 0.2) is 6.61 Å². The molecule has 0 bridgehead atoms. The van der Waals surface area contributed by atoms with Gasteiger partial charge in [0.05, 0.1) is 5.37 Å². The van der Waals surface area contributed by atoms with Crippen LogP contribution in [-0.2, 0) is 19.0 Å². The van der Waals surface area contributed by atoms with Crippen LogP contribution in [0.1, 0.15) is 54.4 Å². The highest BCUT2D eigenvalue weighted by atomic mass is 32.2. The van der Waals surface area contributed by atoms with Crippen molar-refractivity contribution in [2.75, 3.05) is 18.9 Å². The zero-order valence-corrected chi connectivity index (χ0v) is 18.8. The first-order valence-electron chi connectivity index (χ1n) is 9.47. The first kappa shape index (κ1) is 24.9. The van der Waals surface area contributed by atoms with Crippen molar-refractivity contribution in [2.45, 2.75) is 77.0 Å². The Balaban J connectivity index is 2.74. The zero-order valence-electron chi connectivity index (χ0n) is 17.9. The summed E-state index contributed by atoms with van der Waals surface area (Å²) in [5, 5.41) is 10.9. The minimum atomic E-state index is -0.986. The molecule has 2 atom stereocenters. The standard InChI is InChI=1S/C19H31N3O6S/c1-18(2,3)27-16(24)21-13(15(23)26-11-9-20)7-8-14-22(10-12-29-14)17(25)28-19(4,5)6/h13-14H,7-8,10-12H2,1-6H3,(H,21,24)/t13-,14-/m0/s1. The van der Waals surface area contributed by atoms with Gasteiger partial charge in [-0.15, -0.1) is 11.8 Å². The maximum absolute atomic E-state index is 12.4. The van der Waals surface area contributed by atoms with E-state index in [4.69, 9.17) is 19.5 Å². The maximum Gasteiger partial charge on any atom is 0.411 e. The van der Waals surface area contributed by atoms with Crippen LogP contribution in [0.2, 0.25) is 0 Å². The third-order valence-electron chi connectivity index (χ3n) is 3.57. The van der Waals surface area contributed by atoms with Gasteiger partial charge in [-0.05, 0) is 54.4 Å². The van der Waals surface area contributed by atoms with Crippen LogP contribution in [0.25, 0.3) is 0 Å². The van der Waals surface area contributed by atoms with Gasteiger partial charge < -0.3 is 19.5 Å². The minimum absolute atomic E-state index is 0.184. The Morgan fingerprint density at radius 1 is 1.17 bits per heavy atom. The molecule has 9 nitrogen and oxygen atoms in total. The molecule has 1 heterocycles. The van der Waals surface area contributed by atoms with Crippen molar-refractivity contribution < 1.29 is 28.6 Å². The van der Waals surface area contributed by atoms with Crippen LogP contribution in [0, 0.1) is 11.3 Å². The number of carbonyl (C=O) groups excluding carboxylic acids is 3. The van der Waals surface area contributed by atoms with Crippen LogP contribution < -0.4 is 5.32 Å². The average molecular weight is 430 g/mol. The van der Waals surface area contributed by atoms with E-state index in [1.54, 1.807) is 64.3 Å². The second-order valence-electron chi connectivity index (χ2n) is 8.54. The highest BCUT2D eigenvalue weighted by molar-refractivity contribution is 8.00. The van der Waals surface area contributed by atoms with E-state index in [-0.39, 0.29) is 11.8 Å². The zero-order chi connectivity index (χ0) is 22.2. The lowest BCUT2D eigenvalue weighted by Gasteiger charge is -2.29. The van der Waals surface area contributed by atoms with Gasteiger partial charge in [0.25, 0.3) is 0 Å². The van der Waals surface area contributed by atoms with Crippen molar-refractivity contribution in [3.05, 3.63) is 0 Å². The Labute approximate surface area is 176 Å². The van der Waals surface area contributed by atoms with E-state index in [9.17, 15) is 14.4 Å². The molecule has 1 rings (SSSR count). The predicted molar refractivity (Wildman–Crippen MR) is 108 cm³/mol. The Morgan fingerprint density at radius 3 is 2.34 bits per heavy atom. The Morgan fingerprint density at radius 2 is 1.79 bits per heavy atom. The maximum atomic E-state index is 12.4. The quantitative estimate of drug-likeness (QED) is 0.506. The predicted octanol–water partition coefficient (Wildman–Crippen LogP) is 3.04. The molecule has 1 fully saturated rings. The van der Waals surface area contributed by atoms with Crippen LogP contribution in [-0.4, -0.2) is 64.6 Å². The van der Waals surface area contributed by atoms with E-state index in [1.165, 1.54) is 0 Å². The molecule has 0 saturated carbocycles. The lowest BCUT2D eigenvalue weighted by Crippen LogP contribution is -2.45. The summed E-state index contributed by atoms with van der Waals surface area (Å²) in [7, 11) is 0. The number of esters is 1. The van der Waals surface area contributed by atoms with Gasteiger partial charge in [-0.3, -0.25) is 4.90 Å². The molecule has 0 spiro atoms. The van der Waals surface area contributed by atoms with Crippen molar-refractivity contribution in [1.29, 1.82) is 5.26 Å². The number of amides is 2. The number of ether oxygens (including phenoxy) is 3. The fraction of sp³-hybridized carbons (Fsp3) is 0.789. The molecule has 1 aliphatic heterocycles. The molecule has 10 heteroatoms. The monoisotopic (exact) mass is 429 g/mol. The molecule has 1 N–H and O–H groups in total. The van der Waals surface area contributed by atoms with E-state index >= 15 is 0 Å². The van der Waals surface area contributed by atoms with Crippen molar-refractivity contribution >= 4 is 29.9 Å². The molecular weight excluding hydrogens is 398 g/mol. The van der Waals surface area contributed by atoms with E-state index in [2.05, 4.69) is 5.32 Å². The Hall–Kier alpha value is -2.15. The van der Waals surface area contributed by atoms with Crippen LogP contribution in [0.15, 0.2) is 0 Å². The molecule has 164 valence electrons. The normalized spacial score (nSPS) is 17.8. The largest absolute Gasteiger partial charge is 0.449 e.